The number of rotatable bonds is 3. The molecule has 1 aliphatic carbocycles. The molecule has 3 nitrogen and oxygen atoms in total. The molecule has 2 aromatic rings. The Balaban J connectivity index is 1.85. The first-order valence-corrected chi connectivity index (χ1v) is 7.43. The predicted octanol–water partition coefficient (Wildman–Crippen LogP) is 3.72. The summed E-state index contributed by atoms with van der Waals surface area (Å²) in [7, 11) is 0. The van der Waals surface area contributed by atoms with Gasteiger partial charge in [0.2, 0.25) is 0 Å². The Morgan fingerprint density at radius 3 is 3.05 bits per heavy atom. The highest BCUT2D eigenvalue weighted by molar-refractivity contribution is 7.98. The maximum absolute atomic E-state index is 9.25. The van der Waals surface area contributed by atoms with Crippen LogP contribution < -0.4 is 0 Å². The Morgan fingerprint density at radius 2 is 2.26 bits per heavy atom. The van der Waals surface area contributed by atoms with Crippen LogP contribution in [0.15, 0.2) is 33.9 Å². The molecule has 0 amide bonds. The van der Waals surface area contributed by atoms with E-state index in [9.17, 15) is 5.26 Å². The minimum atomic E-state index is 0.692. The van der Waals surface area contributed by atoms with Crippen LogP contribution in [-0.4, -0.2) is 4.98 Å². The zero-order valence-electron chi connectivity index (χ0n) is 10.6. The van der Waals surface area contributed by atoms with Crippen LogP contribution in [0.4, 0.5) is 0 Å². The molecule has 0 atom stereocenters. The molecule has 0 saturated carbocycles. The van der Waals surface area contributed by atoms with Gasteiger partial charge >= 0.3 is 0 Å². The predicted molar refractivity (Wildman–Crippen MR) is 73.9 cm³/mol. The fourth-order valence-corrected chi connectivity index (χ4v) is 3.22. The summed E-state index contributed by atoms with van der Waals surface area (Å²) in [6.45, 7) is 0. The van der Waals surface area contributed by atoms with Gasteiger partial charge in [-0.25, -0.2) is 4.98 Å². The number of aromatic nitrogens is 1. The van der Waals surface area contributed by atoms with Gasteiger partial charge in [0.05, 0.1) is 17.6 Å². The first kappa shape index (κ1) is 12.3. The van der Waals surface area contributed by atoms with E-state index in [1.807, 2.05) is 18.2 Å². The quantitative estimate of drug-likeness (QED) is 0.798. The molecule has 0 aliphatic heterocycles. The molecule has 96 valence electrons. The summed E-state index contributed by atoms with van der Waals surface area (Å²) in [5, 5.41) is 10.1. The second-order valence-corrected chi connectivity index (χ2v) is 5.60. The summed E-state index contributed by atoms with van der Waals surface area (Å²) in [5.41, 5.74) is 3.12. The van der Waals surface area contributed by atoms with Crippen molar-refractivity contribution in [3.63, 3.8) is 0 Å². The third-order valence-electron chi connectivity index (χ3n) is 3.32. The van der Waals surface area contributed by atoms with Gasteiger partial charge in [0.1, 0.15) is 16.9 Å². The van der Waals surface area contributed by atoms with E-state index in [1.165, 1.54) is 24.1 Å². The Hall–Kier alpha value is -1.73. The van der Waals surface area contributed by atoms with Gasteiger partial charge in [-0.15, -0.1) is 0 Å². The number of hydrogen-bond acceptors (Lipinski definition) is 4. The van der Waals surface area contributed by atoms with Crippen LogP contribution in [0.2, 0.25) is 0 Å². The maximum atomic E-state index is 9.25. The number of fused-ring (bicyclic) bond motifs is 1. The third-order valence-corrected chi connectivity index (χ3v) is 4.33. The standard InChI is InChI=1S/C15H14N2OS/c16-9-12-8-11-4-1-2-6-14(11)17-15(12)19-10-13-5-3-7-18-13/h3,5,7-8H,1-2,4,6,10H2. The average Bonchev–Trinajstić information content (AvgIpc) is 2.97. The zero-order chi connectivity index (χ0) is 13.1. The summed E-state index contributed by atoms with van der Waals surface area (Å²) in [4.78, 5) is 4.68. The van der Waals surface area contributed by atoms with E-state index < -0.39 is 0 Å². The first-order valence-electron chi connectivity index (χ1n) is 6.45. The van der Waals surface area contributed by atoms with Crippen LogP contribution in [0, 0.1) is 11.3 Å². The molecule has 2 aromatic heterocycles. The molecule has 0 N–H and O–H groups in total. The minimum Gasteiger partial charge on any atom is -0.468 e. The van der Waals surface area contributed by atoms with Gasteiger partial charge in [0.15, 0.2) is 0 Å². The molecule has 0 fully saturated rings. The van der Waals surface area contributed by atoms with Crippen molar-refractivity contribution in [1.29, 1.82) is 5.26 Å². The average molecular weight is 270 g/mol. The summed E-state index contributed by atoms with van der Waals surface area (Å²) >= 11 is 1.57. The number of thioether (sulfide) groups is 1. The van der Waals surface area contributed by atoms with Crippen molar-refractivity contribution >= 4 is 11.8 Å². The van der Waals surface area contributed by atoms with Crippen molar-refractivity contribution in [2.24, 2.45) is 0 Å². The number of nitrogens with zero attached hydrogens (tertiary/aromatic N) is 2. The third kappa shape index (κ3) is 2.66. The molecular weight excluding hydrogens is 256 g/mol. The van der Waals surface area contributed by atoms with Crippen LogP contribution in [0.3, 0.4) is 0 Å². The number of hydrogen-bond donors (Lipinski definition) is 0. The van der Waals surface area contributed by atoms with Crippen molar-refractivity contribution in [2.75, 3.05) is 0 Å². The van der Waals surface area contributed by atoms with Crippen molar-refractivity contribution in [3.8, 4) is 6.07 Å². The Labute approximate surface area is 116 Å². The van der Waals surface area contributed by atoms with E-state index in [0.717, 1.165) is 23.6 Å². The smallest absolute Gasteiger partial charge is 0.115 e. The van der Waals surface area contributed by atoms with Crippen LogP contribution in [0.5, 0.6) is 0 Å². The van der Waals surface area contributed by atoms with E-state index in [2.05, 4.69) is 11.1 Å². The van der Waals surface area contributed by atoms with Gasteiger partial charge in [-0.1, -0.05) is 11.8 Å². The van der Waals surface area contributed by atoms with Crippen molar-refractivity contribution in [1.82, 2.24) is 4.98 Å². The number of aryl methyl sites for hydroxylation is 2. The second-order valence-electron chi connectivity index (χ2n) is 4.63. The molecule has 0 spiro atoms. The molecule has 0 unspecified atom stereocenters. The Bertz CT molecular complexity index is 614. The van der Waals surface area contributed by atoms with Gasteiger partial charge in [-0.05, 0) is 49.4 Å². The van der Waals surface area contributed by atoms with Gasteiger partial charge in [-0.2, -0.15) is 5.26 Å². The highest BCUT2D eigenvalue weighted by Crippen LogP contribution is 2.29. The minimum absolute atomic E-state index is 0.692. The highest BCUT2D eigenvalue weighted by atomic mass is 32.2. The molecule has 0 bridgehead atoms. The fourth-order valence-electron chi connectivity index (χ4n) is 2.34. The van der Waals surface area contributed by atoms with Crippen LogP contribution in [0.1, 0.15) is 35.4 Å². The van der Waals surface area contributed by atoms with Crippen LogP contribution >= 0.6 is 11.8 Å². The van der Waals surface area contributed by atoms with E-state index in [-0.39, 0.29) is 0 Å². The topological polar surface area (TPSA) is 49.8 Å². The van der Waals surface area contributed by atoms with E-state index >= 15 is 0 Å². The molecule has 0 saturated heterocycles. The molecule has 2 heterocycles. The lowest BCUT2D eigenvalue weighted by Crippen LogP contribution is -2.07. The van der Waals surface area contributed by atoms with E-state index in [0.29, 0.717) is 11.3 Å². The molecule has 3 rings (SSSR count). The molecule has 0 radical (unpaired) electrons. The number of pyridine rings is 1. The lowest BCUT2D eigenvalue weighted by atomic mass is 9.95. The van der Waals surface area contributed by atoms with E-state index in [4.69, 9.17) is 4.42 Å². The lowest BCUT2D eigenvalue weighted by Gasteiger charge is -2.16. The number of furan rings is 1. The van der Waals surface area contributed by atoms with Crippen molar-refractivity contribution < 1.29 is 4.42 Å². The highest BCUT2D eigenvalue weighted by Gasteiger charge is 2.15. The number of nitriles is 1. The summed E-state index contributed by atoms with van der Waals surface area (Å²) in [5.74, 6) is 1.63. The summed E-state index contributed by atoms with van der Waals surface area (Å²) in [6.07, 6.45) is 6.17. The zero-order valence-corrected chi connectivity index (χ0v) is 11.4. The van der Waals surface area contributed by atoms with Gasteiger partial charge in [0, 0.05) is 5.69 Å². The SMILES string of the molecule is N#Cc1cc2c(nc1SCc1ccco1)CCCC2. The fraction of sp³-hybridized carbons (Fsp3) is 0.333. The lowest BCUT2D eigenvalue weighted by molar-refractivity contribution is 0.530. The van der Waals surface area contributed by atoms with Crippen molar-refractivity contribution in [2.45, 2.75) is 36.5 Å². The molecule has 0 aromatic carbocycles. The molecule has 1 aliphatic rings. The monoisotopic (exact) mass is 270 g/mol. The Morgan fingerprint density at radius 1 is 1.37 bits per heavy atom. The first-order chi connectivity index (χ1) is 9.36. The van der Waals surface area contributed by atoms with Crippen LogP contribution in [-0.2, 0) is 18.6 Å². The largest absolute Gasteiger partial charge is 0.468 e. The van der Waals surface area contributed by atoms with Crippen LogP contribution in [0.25, 0.3) is 0 Å². The normalized spacial score (nSPS) is 13.8. The van der Waals surface area contributed by atoms with Gasteiger partial charge in [0.25, 0.3) is 0 Å². The maximum Gasteiger partial charge on any atom is 0.115 e. The second kappa shape index (κ2) is 5.50. The summed E-state index contributed by atoms with van der Waals surface area (Å²) in [6, 6.07) is 8.10. The molecular formula is C15H14N2OS. The molecule has 19 heavy (non-hydrogen) atoms. The van der Waals surface area contributed by atoms with Crippen molar-refractivity contribution in [3.05, 3.63) is 47.0 Å². The molecule has 4 heteroatoms. The van der Waals surface area contributed by atoms with Gasteiger partial charge in [-0.3, -0.25) is 0 Å². The van der Waals surface area contributed by atoms with E-state index in [1.54, 1.807) is 18.0 Å². The van der Waals surface area contributed by atoms with Gasteiger partial charge < -0.3 is 4.42 Å². The summed E-state index contributed by atoms with van der Waals surface area (Å²) < 4.78 is 5.31. The Kier molecular flexibility index (Phi) is 3.56.